The van der Waals surface area contributed by atoms with Crippen molar-refractivity contribution >= 4 is 10.1 Å². The van der Waals surface area contributed by atoms with Crippen LogP contribution in [0.15, 0.2) is 0 Å². The van der Waals surface area contributed by atoms with Crippen LogP contribution >= 0.6 is 0 Å². The molecule has 2 N–H and O–H groups in total. The Morgan fingerprint density at radius 2 is 1.71 bits per heavy atom. The average molecular weight is 240 g/mol. The van der Waals surface area contributed by atoms with Gasteiger partial charge in [-0.25, -0.2) is 0 Å². The van der Waals surface area contributed by atoms with Crippen LogP contribution in [0.2, 0.25) is 0 Å². The quantitative estimate of drug-likeness (QED) is 0.539. The molecule has 5 nitrogen and oxygen atoms in total. The first-order chi connectivity index (χ1) is 6.02. The number of hydrogen-bond acceptors (Lipinski definition) is 4. The summed E-state index contributed by atoms with van der Waals surface area (Å²) in [6.45, 7) is 2.11. The molecule has 0 aliphatic heterocycles. The van der Waals surface area contributed by atoms with Crippen LogP contribution in [0.1, 0.15) is 6.92 Å². The van der Waals surface area contributed by atoms with Crippen LogP contribution in [0.4, 0.5) is 13.2 Å². The third-order valence-corrected chi connectivity index (χ3v) is 1.29. The van der Waals surface area contributed by atoms with Gasteiger partial charge in [0.05, 0.1) is 12.7 Å². The van der Waals surface area contributed by atoms with Crippen LogP contribution in [0, 0.1) is 0 Å². The molecule has 0 radical (unpaired) electrons. The predicted molar refractivity (Wildman–Crippen MR) is 41.2 cm³/mol. The summed E-state index contributed by atoms with van der Waals surface area (Å²) in [5.41, 5.74) is -5.53. The van der Waals surface area contributed by atoms with Gasteiger partial charge in [0, 0.05) is 7.11 Å². The summed E-state index contributed by atoms with van der Waals surface area (Å²) in [6.07, 6.45) is -0.324. The van der Waals surface area contributed by atoms with Crippen molar-refractivity contribution in [2.24, 2.45) is 0 Å². The third kappa shape index (κ3) is 9.71. The van der Waals surface area contributed by atoms with Gasteiger partial charge in [-0.3, -0.25) is 4.55 Å². The molecule has 0 saturated heterocycles. The van der Waals surface area contributed by atoms with Crippen molar-refractivity contribution < 1.29 is 36.0 Å². The Morgan fingerprint density at radius 1 is 1.43 bits per heavy atom. The number of rotatable bonds is 2. The van der Waals surface area contributed by atoms with E-state index in [1.54, 1.807) is 14.0 Å². The monoisotopic (exact) mass is 240 g/mol. The molecule has 9 heteroatoms. The zero-order valence-electron chi connectivity index (χ0n) is 7.45. The van der Waals surface area contributed by atoms with Crippen LogP contribution in [0.5, 0.6) is 0 Å². The van der Waals surface area contributed by atoms with Gasteiger partial charge in [0.15, 0.2) is 0 Å². The van der Waals surface area contributed by atoms with Gasteiger partial charge in [-0.1, -0.05) is 0 Å². The molecule has 0 bridgehead atoms. The molecule has 0 fully saturated rings. The Balaban J connectivity index is 0. The maximum Gasteiger partial charge on any atom is 0.522 e. The second-order valence-corrected chi connectivity index (χ2v) is 3.64. The Bertz CT molecular complexity index is 232. The molecule has 0 aromatic carbocycles. The number of alkyl halides is 3. The number of ether oxygens (including phenoxy) is 1. The summed E-state index contributed by atoms with van der Waals surface area (Å²) in [5.74, 6) is 0. The standard InChI is InChI=1S/C4H10O2.CHF3O3S/c1-4(5)3-6-2;2-1(3,4)8(5,6)7/h4-5H,3H2,1-2H3;(H,5,6,7). The number of hydrogen-bond donors (Lipinski definition) is 2. The van der Waals surface area contributed by atoms with Crippen LogP contribution in [-0.2, 0) is 14.9 Å². The summed E-state index contributed by atoms with van der Waals surface area (Å²) in [6, 6.07) is 0. The molecule has 0 saturated carbocycles. The molecular formula is C5H11F3O5S. The lowest BCUT2D eigenvalue weighted by Crippen LogP contribution is -2.21. The Kier molecular flexibility index (Phi) is 7.08. The minimum Gasteiger partial charge on any atom is -0.391 e. The molecule has 0 aliphatic rings. The van der Waals surface area contributed by atoms with E-state index in [-0.39, 0.29) is 6.10 Å². The zero-order valence-corrected chi connectivity index (χ0v) is 8.26. The molecule has 0 aromatic heterocycles. The number of aliphatic hydroxyl groups excluding tert-OH is 1. The zero-order chi connectivity index (χ0) is 12.0. The van der Waals surface area contributed by atoms with Crippen molar-refractivity contribution in [3.05, 3.63) is 0 Å². The minimum absolute atomic E-state index is 0.324. The molecule has 14 heavy (non-hydrogen) atoms. The highest BCUT2D eigenvalue weighted by atomic mass is 32.2. The van der Waals surface area contributed by atoms with E-state index in [4.69, 9.17) is 18.1 Å². The van der Waals surface area contributed by atoms with E-state index in [1.807, 2.05) is 0 Å². The first-order valence-electron chi connectivity index (χ1n) is 3.23. The Labute approximate surface area is 79.2 Å². The fourth-order valence-electron chi connectivity index (χ4n) is 0.241. The number of methoxy groups -OCH3 is 1. The van der Waals surface area contributed by atoms with Gasteiger partial charge in [-0.15, -0.1) is 0 Å². The van der Waals surface area contributed by atoms with Crippen LogP contribution in [-0.4, -0.2) is 43.4 Å². The fraction of sp³-hybridized carbons (Fsp3) is 1.00. The first kappa shape index (κ1) is 16.1. The van der Waals surface area contributed by atoms with E-state index >= 15 is 0 Å². The summed E-state index contributed by atoms with van der Waals surface area (Å²) in [7, 11) is -4.28. The summed E-state index contributed by atoms with van der Waals surface area (Å²) in [5, 5.41) is 8.43. The van der Waals surface area contributed by atoms with E-state index in [1.165, 1.54) is 0 Å². The van der Waals surface area contributed by atoms with E-state index in [0.717, 1.165) is 0 Å². The molecular weight excluding hydrogens is 229 g/mol. The highest BCUT2D eigenvalue weighted by Crippen LogP contribution is 2.20. The largest absolute Gasteiger partial charge is 0.522 e. The fourth-order valence-corrected chi connectivity index (χ4v) is 0.241. The summed E-state index contributed by atoms with van der Waals surface area (Å²) in [4.78, 5) is 0. The maximum absolute atomic E-state index is 10.7. The Hall–Kier alpha value is -0.380. The van der Waals surface area contributed by atoms with E-state index < -0.39 is 15.6 Å². The number of aliphatic hydroxyl groups is 1. The SMILES string of the molecule is COCC(C)O.O=S(=O)(O)C(F)(F)F. The normalized spacial score (nSPS) is 14.2. The minimum atomic E-state index is -5.84. The van der Waals surface area contributed by atoms with Crippen molar-refractivity contribution in [2.75, 3.05) is 13.7 Å². The van der Waals surface area contributed by atoms with Crippen molar-refractivity contribution in [3.8, 4) is 0 Å². The lowest BCUT2D eigenvalue weighted by molar-refractivity contribution is -0.0510. The highest BCUT2D eigenvalue weighted by Gasteiger charge is 2.44. The summed E-state index contributed by atoms with van der Waals surface area (Å²) < 4.78 is 62.1. The smallest absolute Gasteiger partial charge is 0.391 e. The molecule has 0 aliphatic carbocycles. The van der Waals surface area contributed by atoms with Crippen LogP contribution in [0.3, 0.4) is 0 Å². The number of halogens is 3. The first-order valence-corrected chi connectivity index (χ1v) is 4.67. The third-order valence-electron chi connectivity index (χ3n) is 0.700. The molecule has 1 atom stereocenters. The molecule has 0 amide bonds. The van der Waals surface area contributed by atoms with E-state index in [9.17, 15) is 13.2 Å². The predicted octanol–water partition coefficient (Wildman–Crippen LogP) is 0.408. The van der Waals surface area contributed by atoms with Crippen molar-refractivity contribution in [1.82, 2.24) is 0 Å². The van der Waals surface area contributed by atoms with Gasteiger partial charge in [0.1, 0.15) is 0 Å². The second kappa shape index (κ2) is 6.17. The lowest BCUT2D eigenvalue weighted by atomic mass is 10.5. The van der Waals surface area contributed by atoms with E-state index in [2.05, 4.69) is 4.74 Å². The highest BCUT2D eigenvalue weighted by molar-refractivity contribution is 7.86. The van der Waals surface area contributed by atoms with E-state index in [0.29, 0.717) is 6.61 Å². The molecule has 0 heterocycles. The van der Waals surface area contributed by atoms with Gasteiger partial charge in [0.2, 0.25) is 0 Å². The van der Waals surface area contributed by atoms with Gasteiger partial charge in [0.25, 0.3) is 0 Å². The van der Waals surface area contributed by atoms with Crippen molar-refractivity contribution in [1.29, 1.82) is 0 Å². The maximum atomic E-state index is 10.7. The van der Waals surface area contributed by atoms with Crippen molar-refractivity contribution in [2.45, 2.75) is 18.5 Å². The molecule has 88 valence electrons. The Morgan fingerprint density at radius 3 is 1.71 bits per heavy atom. The molecule has 0 aromatic rings. The van der Waals surface area contributed by atoms with Crippen LogP contribution < -0.4 is 0 Å². The van der Waals surface area contributed by atoms with Gasteiger partial charge in [-0.2, -0.15) is 21.6 Å². The molecule has 0 rings (SSSR count). The second-order valence-electron chi connectivity index (χ2n) is 2.23. The van der Waals surface area contributed by atoms with Crippen molar-refractivity contribution in [3.63, 3.8) is 0 Å². The van der Waals surface area contributed by atoms with Gasteiger partial charge in [-0.05, 0) is 6.92 Å². The molecule has 0 spiro atoms. The van der Waals surface area contributed by atoms with Gasteiger partial charge >= 0.3 is 15.6 Å². The summed E-state index contributed by atoms with van der Waals surface area (Å²) >= 11 is 0. The molecule has 1 unspecified atom stereocenters. The van der Waals surface area contributed by atoms with Crippen LogP contribution in [0.25, 0.3) is 0 Å². The lowest BCUT2D eigenvalue weighted by Gasteiger charge is -1.97. The van der Waals surface area contributed by atoms with Gasteiger partial charge < -0.3 is 9.84 Å². The topological polar surface area (TPSA) is 83.8 Å². The average Bonchev–Trinajstić information content (AvgIpc) is 1.82.